The Morgan fingerprint density at radius 3 is 2.47 bits per heavy atom. The molecule has 0 saturated carbocycles. The number of carboxylic acids is 1. The molecule has 2 aromatic carbocycles. The lowest BCUT2D eigenvalue weighted by molar-refractivity contribution is -0.255. The predicted octanol–water partition coefficient (Wildman–Crippen LogP) is 2.00. The standard InChI is InChI=1S/C13H8F2O2/c14-10-4-5-11(12(15)7-10)8-2-1-3-9(6-8)13(16)17/h1-7H,(H,16,17)/p-1. The van der Waals surface area contributed by atoms with Crippen molar-refractivity contribution < 1.29 is 18.7 Å². The fourth-order valence-electron chi connectivity index (χ4n) is 1.54. The number of hydrogen-bond donors (Lipinski definition) is 0. The third-order valence-electron chi connectivity index (χ3n) is 2.34. The van der Waals surface area contributed by atoms with Crippen LogP contribution in [-0.4, -0.2) is 5.97 Å². The predicted molar refractivity (Wildman–Crippen MR) is 56.1 cm³/mol. The Bertz CT molecular complexity index is 579. The quantitative estimate of drug-likeness (QED) is 0.795. The maximum Gasteiger partial charge on any atom is 0.133 e. The summed E-state index contributed by atoms with van der Waals surface area (Å²) in [6, 6.07) is 8.78. The summed E-state index contributed by atoms with van der Waals surface area (Å²) in [4.78, 5) is 10.7. The Hall–Kier alpha value is -2.23. The number of carboxylic acid groups (broad SMARTS) is 1. The van der Waals surface area contributed by atoms with Crippen LogP contribution in [0.2, 0.25) is 0 Å². The van der Waals surface area contributed by atoms with Gasteiger partial charge in [-0.15, -0.1) is 0 Å². The van der Waals surface area contributed by atoms with Crippen LogP contribution in [0.1, 0.15) is 10.4 Å². The molecule has 4 heteroatoms. The van der Waals surface area contributed by atoms with Crippen LogP contribution in [0.5, 0.6) is 0 Å². The summed E-state index contributed by atoms with van der Waals surface area (Å²) >= 11 is 0. The number of carbonyl (C=O) groups excluding carboxylic acids is 1. The summed E-state index contributed by atoms with van der Waals surface area (Å²) in [5.41, 5.74) is 0.463. The fraction of sp³-hybridized carbons (Fsp3) is 0. The molecule has 17 heavy (non-hydrogen) atoms. The molecule has 0 atom stereocenters. The zero-order valence-corrected chi connectivity index (χ0v) is 8.61. The zero-order valence-electron chi connectivity index (χ0n) is 8.61. The minimum Gasteiger partial charge on any atom is -0.545 e. The van der Waals surface area contributed by atoms with E-state index in [-0.39, 0.29) is 11.1 Å². The Balaban J connectivity index is 2.53. The molecule has 0 N–H and O–H groups in total. The van der Waals surface area contributed by atoms with E-state index in [1.54, 1.807) is 6.07 Å². The van der Waals surface area contributed by atoms with Crippen molar-refractivity contribution in [2.24, 2.45) is 0 Å². The van der Waals surface area contributed by atoms with Crippen molar-refractivity contribution >= 4 is 5.97 Å². The SMILES string of the molecule is O=C([O-])c1cccc(-c2ccc(F)cc2F)c1. The van der Waals surface area contributed by atoms with Crippen LogP contribution in [0.4, 0.5) is 8.78 Å². The zero-order chi connectivity index (χ0) is 12.4. The van der Waals surface area contributed by atoms with Gasteiger partial charge in [-0.1, -0.05) is 18.2 Å². The number of benzene rings is 2. The summed E-state index contributed by atoms with van der Waals surface area (Å²) in [5.74, 6) is -2.75. The van der Waals surface area contributed by atoms with Gasteiger partial charge >= 0.3 is 0 Å². The third-order valence-corrected chi connectivity index (χ3v) is 2.34. The van der Waals surface area contributed by atoms with Crippen LogP contribution >= 0.6 is 0 Å². The average Bonchev–Trinajstić information content (AvgIpc) is 2.29. The van der Waals surface area contributed by atoms with Crippen molar-refractivity contribution in [1.29, 1.82) is 0 Å². The van der Waals surface area contributed by atoms with Crippen LogP contribution in [-0.2, 0) is 0 Å². The number of carbonyl (C=O) groups is 1. The van der Waals surface area contributed by atoms with Gasteiger partial charge in [0.15, 0.2) is 0 Å². The molecule has 0 aliphatic rings. The van der Waals surface area contributed by atoms with Gasteiger partial charge in [-0.05, 0) is 29.3 Å². The smallest absolute Gasteiger partial charge is 0.133 e. The second kappa shape index (κ2) is 4.33. The average molecular weight is 233 g/mol. The normalized spacial score (nSPS) is 10.2. The van der Waals surface area contributed by atoms with Crippen molar-refractivity contribution in [3.63, 3.8) is 0 Å². The molecule has 0 aliphatic heterocycles. The van der Waals surface area contributed by atoms with E-state index < -0.39 is 17.6 Å². The van der Waals surface area contributed by atoms with E-state index in [2.05, 4.69) is 0 Å². The van der Waals surface area contributed by atoms with E-state index in [0.717, 1.165) is 12.1 Å². The van der Waals surface area contributed by atoms with Gasteiger partial charge in [-0.3, -0.25) is 0 Å². The van der Waals surface area contributed by atoms with Crippen LogP contribution in [0.15, 0.2) is 42.5 Å². The van der Waals surface area contributed by atoms with Gasteiger partial charge in [0.2, 0.25) is 0 Å². The molecular weight excluding hydrogens is 226 g/mol. The van der Waals surface area contributed by atoms with Gasteiger partial charge in [0, 0.05) is 11.6 Å². The first-order valence-corrected chi connectivity index (χ1v) is 4.85. The molecule has 0 saturated heterocycles. The molecule has 0 spiro atoms. The molecule has 86 valence electrons. The maximum atomic E-state index is 13.5. The summed E-state index contributed by atoms with van der Waals surface area (Å²) < 4.78 is 26.2. The van der Waals surface area contributed by atoms with Gasteiger partial charge in [-0.2, -0.15) is 0 Å². The largest absolute Gasteiger partial charge is 0.545 e. The van der Waals surface area contributed by atoms with E-state index in [9.17, 15) is 18.7 Å². The van der Waals surface area contributed by atoms with E-state index in [1.807, 2.05) is 0 Å². The minimum absolute atomic E-state index is 0.0498. The van der Waals surface area contributed by atoms with E-state index in [1.165, 1.54) is 24.3 Å². The molecule has 0 fully saturated rings. The lowest BCUT2D eigenvalue weighted by Gasteiger charge is -2.07. The minimum atomic E-state index is -1.34. The molecular formula is C13H7F2O2-. The van der Waals surface area contributed by atoms with Crippen molar-refractivity contribution in [3.8, 4) is 11.1 Å². The van der Waals surface area contributed by atoms with Crippen molar-refractivity contribution in [1.82, 2.24) is 0 Å². The van der Waals surface area contributed by atoms with Gasteiger partial charge < -0.3 is 9.90 Å². The molecule has 2 aromatic rings. The summed E-state index contributed by atoms with van der Waals surface area (Å²) in [7, 11) is 0. The van der Waals surface area contributed by atoms with Crippen LogP contribution in [0, 0.1) is 11.6 Å². The molecule has 2 nitrogen and oxygen atoms in total. The third kappa shape index (κ3) is 2.30. The van der Waals surface area contributed by atoms with Crippen LogP contribution in [0.25, 0.3) is 11.1 Å². The highest BCUT2D eigenvalue weighted by atomic mass is 19.1. The first-order valence-electron chi connectivity index (χ1n) is 4.85. The molecule has 0 radical (unpaired) electrons. The Labute approximate surface area is 96.1 Å². The number of hydrogen-bond acceptors (Lipinski definition) is 2. The highest BCUT2D eigenvalue weighted by Gasteiger charge is 2.06. The lowest BCUT2D eigenvalue weighted by atomic mass is 10.0. The molecule has 0 unspecified atom stereocenters. The van der Waals surface area contributed by atoms with E-state index in [4.69, 9.17) is 0 Å². The van der Waals surface area contributed by atoms with Crippen molar-refractivity contribution in [2.75, 3.05) is 0 Å². The van der Waals surface area contributed by atoms with Crippen LogP contribution < -0.4 is 5.11 Å². The highest BCUT2D eigenvalue weighted by molar-refractivity contribution is 5.87. The lowest BCUT2D eigenvalue weighted by Crippen LogP contribution is -2.22. The second-order valence-electron chi connectivity index (χ2n) is 3.49. The Morgan fingerprint density at radius 2 is 1.82 bits per heavy atom. The van der Waals surface area contributed by atoms with Crippen molar-refractivity contribution in [3.05, 3.63) is 59.7 Å². The molecule has 0 aromatic heterocycles. The highest BCUT2D eigenvalue weighted by Crippen LogP contribution is 2.24. The van der Waals surface area contributed by atoms with Gasteiger partial charge in [-0.25, -0.2) is 8.78 Å². The maximum absolute atomic E-state index is 13.5. The van der Waals surface area contributed by atoms with Gasteiger partial charge in [0.05, 0.1) is 5.97 Å². The van der Waals surface area contributed by atoms with Crippen molar-refractivity contribution in [2.45, 2.75) is 0 Å². The fourth-order valence-corrected chi connectivity index (χ4v) is 1.54. The van der Waals surface area contributed by atoms with E-state index >= 15 is 0 Å². The molecule has 0 bridgehead atoms. The monoisotopic (exact) mass is 233 g/mol. The van der Waals surface area contributed by atoms with E-state index in [0.29, 0.717) is 5.56 Å². The molecule has 0 amide bonds. The Kier molecular flexibility index (Phi) is 2.87. The molecule has 0 aliphatic carbocycles. The second-order valence-corrected chi connectivity index (χ2v) is 3.49. The van der Waals surface area contributed by atoms with Crippen LogP contribution in [0.3, 0.4) is 0 Å². The summed E-state index contributed by atoms with van der Waals surface area (Å²) in [6.07, 6.45) is 0. The first kappa shape index (κ1) is 11.3. The number of aromatic carboxylic acids is 1. The Morgan fingerprint density at radius 1 is 1.06 bits per heavy atom. The summed E-state index contributed by atoms with van der Waals surface area (Å²) in [6.45, 7) is 0. The summed E-state index contributed by atoms with van der Waals surface area (Å²) in [5, 5.41) is 10.7. The van der Waals surface area contributed by atoms with Gasteiger partial charge in [0.25, 0.3) is 0 Å². The number of rotatable bonds is 2. The topological polar surface area (TPSA) is 40.1 Å². The number of halogens is 2. The first-order chi connectivity index (χ1) is 8.08. The molecule has 0 heterocycles. The molecule has 2 rings (SSSR count). The van der Waals surface area contributed by atoms with Gasteiger partial charge in [0.1, 0.15) is 11.6 Å².